The van der Waals surface area contributed by atoms with E-state index >= 15 is 0 Å². The third kappa shape index (κ3) is 2.74. The first-order chi connectivity index (χ1) is 7.60. The second-order valence-corrected chi connectivity index (χ2v) is 5.31. The van der Waals surface area contributed by atoms with E-state index in [0.29, 0.717) is 12.5 Å². The molecule has 0 radical (unpaired) electrons. The Balaban J connectivity index is 1.78. The minimum Gasteiger partial charge on any atom is -0.375 e. The summed E-state index contributed by atoms with van der Waals surface area (Å²) < 4.78 is 5.86. The average Bonchev–Trinajstić information content (AvgIpc) is 2.14. The summed E-state index contributed by atoms with van der Waals surface area (Å²) in [6.07, 6.45) is 6.26. The number of nitrogens with two attached hydrogens (primary N) is 1. The van der Waals surface area contributed by atoms with E-state index in [1.807, 2.05) is 6.92 Å². The Morgan fingerprint density at radius 1 is 1.62 bits per heavy atom. The van der Waals surface area contributed by atoms with E-state index in [2.05, 4.69) is 5.32 Å². The molecule has 4 heteroatoms. The van der Waals surface area contributed by atoms with Crippen molar-refractivity contribution >= 4 is 5.91 Å². The van der Waals surface area contributed by atoms with Gasteiger partial charge in [0.25, 0.3) is 0 Å². The molecule has 1 aliphatic carbocycles. The fourth-order valence-electron chi connectivity index (χ4n) is 2.85. The minimum absolute atomic E-state index is 0.169. The van der Waals surface area contributed by atoms with Crippen molar-refractivity contribution in [3.8, 4) is 0 Å². The van der Waals surface area contributed by atoms with Crippen molar-refractivity contribution < 1.29 is 9.53 Å². The molecule has 1 aliphatic heterocycles. The number of rotatable bonds is 4. The monoisotopic (exact) mass is 226 g/mol. The van der Waals surface area contributed by atoms with Gasteiger partial charge < -0.3 is 15.8 Å². The number of carbonyl (C=O) groups is 1. The van der Waals surface area contributed by atoms with Crippen molar-refractivity contribution in [2.24, 2.45) is 5.73 Å². The molecular formula is C12H22N2O2. The van der Waals surface area contributed by atoms with Crippen molar-refractivity contribution in [2.75, 3.05) is 6.61 Å². The predicted molar refractivity (Wildman–Crippen MR) is 62.0 cm³/mol. The van der Waals surface area contributed by atoms with Crippen LogP contribution in [0.2, 0.25) is 0 Å². The maximum absolute atomic E-state index is 10.8. The topological polar surface area (TPSA) is 64.4 Å². The molecule has 4 nitrogen and oxygen atoms in total. The van der Waals surface area contributed by atoms with Gasteiger partial charge in [-0.2, -0.15) is 0 Å². The summed E-state index contributed by atoms with van der Waals surface area (Å²) in [6.45, 7) is 2.87. The normalized spacial score (nSPS) is 29.7. The van der Waals surface area contributed by atoms with Crippen molar-refractivity contribution in [3.63, 3.8) is 0 Å². The molecule has 0 bridgehead atoms. The summed E-state index contributed by atoms with van der Waals surface area (Å²) in [7, 11) is 0. The van der Waals surface area contributed by atoms with E-state index in [1.54, 1.807) is 0 Å². The van der Waals surface area contributed by atoms with E-state index in [0.717, 1.165) is 19.4 Å². The highest BCUT2D eigenvalue weighted by Crippen LogP contribution is 2.42. The molecule has 1 spiro atoms. The molecule has 1 amide bonds. The highest BCUT2D eigenvalue weighted by molar-refractivity contribution is 5.74. The van der Waals surface area contributed by atoms with E-state index in [1.165, 1.54) is 19.3 Å². The minimum atomic E-state index is -0.231. The van der Waals surface area contributed by atoms with Crippen molar-refractivity contribution in [3.05, 3.63) is 0 Å². The smallest absolute Gasteiger partial charge is 0.218 e. The van der Waals surface area contributed by atoms with Gasteiger partial charge in [-0.25, -0.2) is 0 Å². The van der Waals surface area contributed by atoms with Crippen LogP contribution < -0.4 is 11.1 Å². The molecule has 3 N–H and O–H groups in total. The second kappa shape index (κ2) is 4.72. The molecule has 1 heterocycles. The lowest BCUT2D eigenvalue weighted by molar-refractivity contribution is -0.136. The van der Waals surface area contributed by atoms with Crippen LogP contribution in [0.1, 0.15) is 45.4 Å². The Morgan fingerprint density at radius 3 is 2.94 bits per heavy atom. The van der Waals surface area contributed by atoms with E-state index in [-0.39, 0.29) is 17.6 Å². The van der Waals surface area contributed by atoms with Crippen LogP contribution >= 0.6 is 0 Å². The Morgan fingerprint density at radius 2 is 2.38 bits per heavy atom. The summed E-state index contributed by atoms with van der Waals surface area (Å²) in [6, 6.07) is 0.668. The van der Waals surface area contributed by atoms with Crippen LogP contribution in [0.3, 0.4) is 0 Å². The lowest BCUT2D eigenvalue weighted by atomic mass is 9.74. The Bertz CT molecular complexity index is 264. The zero-order chi connectivity index (χ0) is 11.6. The zero-order valence-corrected chi connectivity index (χ0v) is 10.00. The Kier molecular flexibility index (Phi) is 3.50. The molecule has 1 saturated carbocycles. The average molecular weight is 226 g/mol. The number of primary amides is 1. The molecule has 1 saturated heterocycles. The van der Waals surface area contributed by atoms with E-state index in [4.69, 9.17) is 10.5 Å². The van der Waals surface area contributed by atoms with Crippen LogP contribution in [0.4, 0.5) is 0 Å². The van der Waals surface area contributed by atoms with Crippen LogP contribution in [-0.2, 0) is 9.53 Å². The Labute approximate surface area is 96.9 Å². The SMILES string of the molecule is CC(CC(N)=O)NC1CCOC2(CCC2)C1. The van der Waals surface area contributed by atoms with Gasteiger partial charge in [0.05, 0.1) is 5.60 Å². The first kappa shape index (κ1) is 11.9. The van der Waals surface area contributed by atoms with Gasteiger partial charge in [-0.3, -0.25) is 4.79 Å². The van der Waals surface area contributed by atoms with Crippen molar-refractivity contribution in [1.29, 1.82) is 0 Å². The molecule has 0 aromatic carbocycles. The van der Waals surface area contributed by atoms with Gasteiger partial charge in [-0.05, 0) is 39.0 Å². The summed E-state index contributed by atoms with van der Waals surface area (Å²) >= 11 is 0. The van der Waals surface area contributed by atoms with Crippen LogP contribution in [0, 0.1) is 0 Å². The van der Waals surface area contributed by atoms with E-state index in [9.17, 15) is 4.79 Å². The predicted octanol–water partition coefficient (Wildman–Crippen LogP) is 0.942. The molecular weight excluding hydrogens is 204 g/mol. The fourth-order valence-corrected chi connectivity index (χ4v) is 2.85. The number of hydrogen-bond donors (Lipinski definition) is 2. The third-order valence-electron chi connectivity index (χ3n) is 3.79. The maximum atomic E-state index is 10.8. The molecule has 2 rings (SSSR count). The van der Waals surface area contributed by atoms with Gasteiger partial charge in [-0.15, -0.1) is 0 Å². The maximum Gasteiger partial charge on any atom is 0.218 e. The Hall–Kier alpha value is -0.610. The lowest BCUT2D eigenvalue weighted by Gasteiger charge is -2.47. The van der Waals surface area contributed by atoms with Crippen LogP contribution in [0.15, 0.2) is 0 Å². The van der Waals surface area contributed by atoms with Crippen LogP contribution in [-0.4, -0.2) is 30.2 Å². The number of hydrogen-bond acceptors (Lipinski definition) is 3. The number of ether oxygens (including phenoxy) is 1. The fraction of sp³-hybridized carbons (Fsp3) is 0.917. The molecule has 2 atom stereocenters. The second-order valence-electron chi connectivity index (χ2n) is 5.31. The lowest BCUT2D eigenvalue weighted by Crippen LogP contribution is -2.52. The van der Waals surface area contributed by atoms with Crippen molar-refractivity contribution in [1.82, 2.24) is 5.32 Å². The summed E-state index contributed by atoms with van der Waals surface area (Å²) in [5, 5.41) is 3.49. The van der Waals surface area contributed by atoms with Gasteiger partial charge in [0.2, 0.25) is 5.91 Å². The molecule has 2 fully saturated rings. The highest BCUT2D eigenvalue weighted by atomic mass is 16.5. The van der Waals surface area contributed by atoms with Crippen LogP contribution in [0.5, 0.6) is 0 Å². The molecule has 16 heavy (non-hydrogen) atoms. The number of carbonyl (C=O) groups excluding carboxylic acids is 1. The van der Waals surface area contributed by atoms with Gasteiger partial charge in [0, 0.05) is 25.1 Å². The van der Waals surface area contributed by atoms with Gasteiger partial charge in [0.15, 0.2) is 0 Å². The highest BCUT2D eigenvalue weighted by Gasteiger charge is 2.42. The summed E-state index contributed by atoms with van der Waals surface area (Å²) in [5.74, 6) is -0.231. The van der Waals surface area contributed by atoms with Crippen LogP contribution in [0.25, 0.3) is 0 Å². The summed E-state index contributed by atoms with van der Waals surface area (Å²) in [4.78, 5) is 10.8. The quantitative estimate of drug-likeness (QED) is 0.750. The number of nitrogens with one attached hydrogen (secondary N) is 1. The van der Waals surface area contributed by atoms with Gasteiger partial charge in [0.1, 0.15) is 0 Å². The van der Waals surface area contributed by atoms with E-state index < -0.39 is 0 Å². The molecule has 0 aromatic heterocycles. The first-order valence-electron chi connectivity index (χ1n) is 6.28. The van der Waals surface area contributed by atoms with Gasteiger partial charge in [-0.1, -0.05) is 0 Å². The van der Waals surface area contributed by atoms with Crippen molar-refractivity contribution in [2.45, 2.75) is 63.1 Å². The summed E-state index contributed by atoms with van der Waals surface area (Å²) in [5.41, 5.74) is 5.35. The first-order valence-corrected chi connectivity index (χ1v) is 6.28. The van der Waals surface area contributed by atoms with Gasteiger partial charge >= 0.3 is 0 Å². The molecule has 92 valence electrons. The third-order valence-corrected chi connectivity index (χ3v) is 3.79. The molecule has 2 unspecified atom stereocenters. The largest absolute Gasteiger partial charge is 0.375 e. The molecule has 0 aromatic rings. The standard InChI is InChI=1S/C12H22N2O2/c1-9(7-11(13)15)14-10-3-6-16-12(8-10)4-2-5-12/h9-10,14H,2-8H2,1H3,(H2,13,15). The zero-order valence-electron chi connectivity index (χ0n) is 10.00. The number of amides is 1. The molecule has 2 aliphatic rings.